The summed E-state index contributed by atoms with van der Waals surface area (Å²) in [5, 5.41) is 18.8. The van der Waals surface area contributed by atoms with Crippen molar-refractivity contribution >= 4 is 17.7 Å². The number of amides is 1. The number of carbonyl (C=O) groups is 1. The predicted octanol–water partition coefficient (Wildman–Crippen LogP) is 2.68. The lowest BCUT2D eigenvalue weighted by Gasteiger charge is -2.33. The number of benzene rings is 1. The van der Waals surface area contributed by atoms with Crippen molar-refractivity contribution in [2.24, 2.45) is 0 Å². The van der Waals surface area contributed by atoms with Gasteiger partial charge in [0, 0.05) is 17.0 Å². The fraction of sp³-hybridized carbons (Fsp3) is 0.500. The predicted molar refractivity (Wildman–Crippen MR) is 83.1 cm³/mol. The molecule has 1 aromatic rings. The molecular weight excluding hydrogens is 284 g/mol. The highest BCUT2D eigenvalue weighted by atomic mass is 32.2. The van der Waals surface area contributed by atoms with Crippen LogP contribution >= 0.6 is 11.8 Å². The maximum atomic E-state index is 12.7. The molecular formula is C16H20N2O2S. The standard InChI is InChI=1S/C16H20N2O2S/c1-16(2,20)14-7-4-9-18(14)15(19)12-5-3-6-13(11-12)21-10-8-17/h3,5-6,11,14,20H,4,7,9-10H2,1-2H3. The Hall–Kier alpha value is -1.51. The van der Waals surface area contributed by atoms with E-state index in [2.05, 4.69) is 6.07 Å². The molecule has 1 aliphatic heterocycles. The molecule has 112 valence electrons. The average molecular weight is 304 g/mol. The van der Waals surface area contributed by atoms with Gasteiger partial charge >= 0.3 is 0 Å². The molecule has 1 saturated heterocycles. The van der Waals surface area contributed by atoms with E-state index in [1.807, 2.05) is 18.2 Å². The van der Waals surface area contributed by atoms with E-state index in [1.165, 1.54) is 11.8 Å². The second kappa shape index (κ2) is 6.50. The average Bonchev–Trinajstić information content (AvgIpc) is 2.94. The van der Waals surface area contributed by atoms with E-state index in [0.717, 1.165) is 17.7 Å². The van der Waals surface area contributed by atoms with Crippen LogP contribution < -0.4 is 0 Å². The lowest BCUT2D eigenvalue weighted by molar-refractivity contribution is 0.000326. The number of thioether (sulfide) groups is 1. The third-order valence-corrected chi connectivity index (χ3v) is 4.57. The number of aliphatic hydroxyl groups is 1. The molecule has 1 unspecified atom stereocenters. The molecule has 2 rings (SSSR count). The Kier molecular flexibility index (Phi) is 4.92. The topological polar surface area (TPSA) is 64.3 Å². The van der Waals surface area contributed by atoms with Crippen LogP contribution in [-0.4, -0.2) is 39.9 Å². The van der Waals surface area contributed by atoms with E-state index in [0.29, 0.717) is 17.9 Å². The highest BCUT2D eigenvalue weighted by Gasteiger charge is 2.38. The van der Waals surface area contributed by atoms with E-state index in [-0.39, 0.29) is 11.9 Å². The van der Waals surface area contributed by atoms with E-state index >= 15 is 0 Å². The van der Waals surface area contributed by atoms with Gasteiger partial charge in [-0.1, -0.05) is 6.07 Å². The number of hydrogen-bond donors (Lipinski definition) is 1. The van der Waals surface area contributed by atoms with Crippen molar-refractivity contribution in [1.82, 2.24) is 4.90 Å². The van der Waals surface area contributed by atoms with Gasteiger partial charge in [-0.3, -0.25) is 4.79 Å². The Morgan fingerprint density at radius 2 is 2.33 bits per heavy atom. The number of likely N-dealkylation sites (tertiary alicyclic amines) is 1. The fourth-order valence-electron chi connectivity index (χ4n) is 2.74. The lowest BCUT2D eigenvalue weighted by Crippen LogP contribution is -2.48. The molecule has 0 bridgehead atoms. The van der Waals surface area contributed by atoms with Gasteiger partial charge in [0.2, 0.25) is 0 Å². The van der Waals surface area contributed by atoms with Gasteiger partial charge in [0.05, 0.1) is 23.5 Å². The summed E-state index contributed by atoms with van der Waals surface area (Å²) in [4.78, 5) is 15.4. The first-order valence-electron chi connectivity index (χ1n) is 7.06. The molecule has 1 aromatic carbocycles. The fourth-order valence-corrected chi connectivity index (χ4v) is 3.36. The molecule has 1 amide bonds. The maximum absolute atomic E-state index is 12.7. The van der Waals surface area contributed by atoms with Crippen molar-refractivity contribution < 1.29 is 9.90 Å². The molecule has 1 aliphatic rings. The maximum Gasteiger partial charge on any atom is 0.254 e. The normalized spacial score (nSPS) is 18.6. The second-order valence-electron chi connectivity index (χ2n) is 5.78. The van der Waals surface area contributed by atoms with Gasteiger partial charge in [-0.25, -0.2) is 0 Å². The second-order valence-corrected chi connectivity index (χ2v) is 6.83. The van der Waals surface area contributed by atoms with Gasteiger partial charge in [0.15, 0.2) is 0 Å². The van der Waals surface area contributed by atoms with Crippen LogP contribution in [0, 0.1) is 11.3 Å². The Bertz CT molecular complexity index is 560. The number of carbonyl (C=O) groups excluding carboxylic acids is 1. The molecule has 1 atom stereocenters. The van der Waals surface area contributed by atoms with E-state index in [9.17, 15) is 9.90 Å². The van der Waals surface area contributed by atoms with Crippen molar-refractivity contribution in [2.45, 2.75) is 43.2 Å². The summed E-state index contributed by atoms with van der Waals surface area (Å²) < 4.78 is 0. The Labute approximate surface area is 129 Å². The van der Waals surface area contributed by atoms with Gasteiger partial charge in [0.25, 0.3) is 5.91 Å². The SMILES string of the molecule is CC(C)(O)C1CCCN1C(=O)c1cccc(SCC#N)c1. The van der Waals surface area contributed by atoms with Crippen molar-refractivity contribution in [3.63, 3.8) is 0 Å². The molecule has 1 fully saturated rings. The molecule has 0 spiro atoms. The van der Waals surface area contributed by atoms with Gasteiger partial charge in [-0.15, -0.1) is 11.8 Å². The molecule has 0 aliphatic carbocycles. The van der Waals surface area contributed by atoms with Gasteiger partial charge in [-0.2, -0.15) is 5.26 Å². The first-order chi connectivity index (χ1) is 9.93. The summed E-state index contributed by atoms with van der Waals surface area (Å²) in [7, 11) is 0. The number of nitrogens with zero attached hydrogens (tertiary/aromatic N) is 2. The molecule has 21 heavy (non-hydrogen) atoms. The Morgan fingerprint density at radius 3 is 3.00 bits per heavy atom. The summed E-state index contributed by atoms with van der Waals surface area (Å²) in [6, 6.07) is 9.29. The van der Waals surface area contributed by atoms with Crippen molar-refractivity contribution in [3.8, 4) is 6.07 Å². The third-order valence-electron chi connectivity index (χ3n) is 3.71. The molecule has 5 heteroatoms. The molecule has 0 aromatic heterocycles. The molecule has 0 saturated carbocycles. The molecule has 4 nitrogen and oxygen atoms in total. The third kappa shape index (κ3) is 3.78. The van der Waals surface area contributed by atoms with E-state index in [1.54, 1.807) is 24.8 Å². The van der Waals surface area contributed by atoms with E-state index < -0.39 is 5.60 Å². The lowest BCUT2D eigenvalue weighted by atomic mass is 9.96. The van der Waals surface area contributed by atoms with Gasteiger partial charge in [0.1, 0.15) is 0 Å². The zero-order valence-corrected chi connectivity index (χ0v) is 13.2. The van der Waals surface area contributed by atoms with Crippen LogP contribution in [-0.2, 0) is 0 Å². The van der Waals surface area contributed by atoms with Crippen molar-refractivity contribution in [2.75, 3.05) is 12.3 Å². The quantitative estimate of drug-likeness (QED) is 0.869. The minimum Gasteiger partial charge on any atom is -0.388 e. The van der Waals surface area contributed by atoms with Crippen molar-refractivity contribution in [3.05, 3.63) is 29.8 Å². The van der Waals surface area contributed by atoms with Crippen molar-refractivity contribution in [1.29, 1.82) is 5.26 Å². The molecule has 1 heterocycles. The summed E-state index contributed by atoms with van der Waals surface area (Å²) >= 11 is 1.42. The molecule has 1 N–H and O–H groups in total. The largest absolute Gasteiger partial charge is 0.388 e. The summed E-state index contributed by atoms with van der Waals surface area (Å²) in [5.41, 5.74) is -0.270. The Balaban J connectivity index is 2.18. The van der Waals surface area contributed by atoms with Crippen LogP contribution in [0.1, 0.15) is 37.0 Å². The number of nitriles is 1. The summed E-state index contributed by atoms with van der Waals surface area (Å²) in [5.74, 6) is 0.326. The van der Waals surface area contributed by atoms with Gasteiger partial charge in [-0.05, 0) is 44.9 Å². The zero-order valence-electron chi connectivity index (χ0n) is 12.4. The molecule has 0 radical (unpaired) electrons. The van der Waals surface area contributed by atoms with Crippen LogP contribution in [0.4, 0.5) is 0 Å². The van der Waals surface area contributed by atoms with E-state index in [4.69, 9.17) is 5.26 Å². The highest BCUT2D eigenvalue weighted by Crippen LogP contribution is 2.29. The Morgan fingerprint density at radius 1 is 1.57 bits per heavy atom. The zero-order chi connectivity index (χ0) is 15.5. The van der Waals surface area contributed by atoms with Crippen LogP contribution in [0.2, 0.25) is 0 Å². The van der Waals surface area contributed by atoms with Crippen LogP contribution in [0.25, 0.3) is 0 Å². The summed E-state index contributed by atoms with van der Waals surface area (Å²) in [6.45, 7) is 4.19. The first kappa shape index (κ1) is 15.9. The first-order valence-corrected chi connectivity index (χ1v) is 8.05. The van der Waals surface area contributed by atoms with Crippen LogP contribution in [0.3, 0.4) is 0 Å². The van der Waals surface area contributed by atoms with Gasteiger partial charge < -0.3 is 10.0 Å². The van der Waals surface area contributed by atoms with Crippen LogP contribution in [0.5, 0.6) is 0 Å². The smallest absolute Gasteiger partial charge is 0.254 e. The summed E-state index contributed by atoms with van der Waals surface area (Å²) in [6.07, 6.45) is 1.75. The highest BCUT2D eigenvalue weighted by molar-refractivity contribution is 7.99. The monoisotopic (exact) mass is 304 g/mol. The minimum absolute atomic E-state index is 0.0426. The minimum atomic E-state index is -0.890. The number of rotatable bonds is 4. The van der Waals surface area contributed by atoms with Crippen LogP contribution in [0.15, 0.2) is 29.2 Å². The number of hydrogen-bond acceptors (Lipinski definition) is 4.